The van der Waals surface area contributed by atoms with Crippen molar-refractivity contribution in [3.8, 4) is 0 Å². The third-order valence-corrected chi connectivity index (χ3v) is 3.92. The molecule has 2 aromatic rings. The van der Waals surface area contributed by atoms with Gasteiger partial charge in [0.1, 0.15) is 0 Å². The van der Waals surface area contributed by atoms with Gasteiger partial charge >= 0.3 is 12.1 Å². The van der Waals surface area contributed by atoms with Gasteiger partial charge in [-0.05, 0) is 0 Å². The standard InChI is InChI=1S/C9H7F3N6O2S/c10-9(11,12)7-14-15-8(21-7)17-1-4(2-17)18-3-5(6(19)20)13-16-18/h3-4H,1-2H2,(H,19,20). The van der Waals surface area contributed by atoms with Crippen molar-refractivity contribution in [2.24, 2.45) is 0 Å². The molecular formula is C9H7F3N6O2S. The number of carbonyl (C=O) groups is 1. The Kier molecular flexibility index (Phi) is 3.04. The number of hydrogen-bond donors (Lipinski definition) is 1. The average Bonchev–Trinajstić information content (AvgIpc) is 2.94. The van der Waals surface area contributed by atoms with Gasteiger partial charge in [-0.3, -0.25) is 0 Å². The molecule has 0 aromatic carbocycles. The molecule has 1 saturated heterocycles. The molecule has 1 aliphatic rings. The molecule has 0 bridgehead atoms. The van der Waals surface area contributed by atoms with E-state index in [0.717, 1.165) is 0 Å². The number of alkyl halides is 3. The minimum atomic E-state index is -4.50. The Hall–Kier alpha value is -2.24. The largest absolute Gasteiger partial charge is 0.476 e. The van der Waals surface area contributed by atoms with Gasteiger partial charge in [0.2, 0.25) is 10.1 Å². The summed E-state index contributed by atoms with van der Waals surface area (Å²) in [5.41, 5.74) is -0.177. The third-order valence-electron chi connectivity index (χ3n) is 2.89. The molecule has 8 nitrogen and oxygen atoms in total. The van der Waals surface area contributed by atoms with E-state index >= 15 is 0 Å². The van der Waals surface area contributed by atoms with E-state index in [4.69, 9.17) is 5.11 Å². The minimum Gasteiger partial charge on any atom is -0.476 e. The first-order chi connectivity index (χ1) is 9.84. The molecule has 0 aliphatic carbocycles. The van der Waals surface area contributed by atoms with E-state index < -0.39 is 17.2 Å². The van der Waals surface area contributed by atoms with Crippen molar-refractivity contribution in [2.75, 3.05) is 18.0 Å². The number of carboxylic acids is 1. The number of carboxylic acid groups (broad SMARTS) is 1. The van der Waals surface area contributed by atoms with Crippen molar-refractivity contribution >= 4 is 22.4 Å². The van der Waals surface area contributed by atoms with Gasteiger partial charge in [-0.25, -0.2) is 9.48 Å². The Balaban J connectivity index is 1.65. The van der Waals surface area contributed by atoms with Gasteiger partial charge in [0.15, 0.2) is 5.69 Å². The topological polar surface area (TPSA) is 97.0 Å². The molecule has 2 aromatic heterocycles. The molecule has 0 radical (unpaired) electrons. The SMILES string of the molecule is O=C(O)c1cn(C2CN(c3nnc(C(F)(F)F)s3)C2)nn1. The fraction of sp³-hybridized carbons (Fsp3) is 0.444. The predicted octanol–water partition coefficient (Wildman–Crippen LogP) is 0.908. The van der Waals surface area contributed by atoms with Gasteiger partial charge in [-0.2, -0.15) is 13.2 Å². The van der Waals surface area contributed by atoms with Gasteiger partial charge in [0.05, 0.1) is 12.2 Å². The Labute approximate surface area is 118 Å². The number of aromatic carboxylic acids is 1. The van der Waals surface area contributed by atoms with Crippen LogP contribution in [0.3, 0.4) is 0 Å². The Morgan fingerprint density at radius 3 is 2.57 bits per heavy atom. The van der Waals surface area contributed by atoms with Crippen LogP contribution in [0.1, 0.15) is 21.5 Å². The van der Waals surface area contributed by atoms with Crippen molar-refractivity contribution in [3.05, 3.63) is 16.9 Å². The average molecular weight is 320 g/mol. The zero-order chi connectivity index (χ0) is 15.2. The lowest BCUT2D eigenvalue weighted by molar-refractivity contribution is -0.138. The molecule has 3 rings (SSSR count). The summed E-state index contributed by atoms with van der Waals surface area (Å²) in [5.74, 6) is -1.18. The monoisotopic (exact) mass is 320 g/mol. The summed E-state index contributed by atoms with van der Waals surface area (Å²) >= 11 is 0.470. The molecule has 21 heavy (non-hydrogen) atoms. The van der Waals surface area contributed by atoms with Crippen LogP contribution in [-0.2, 0) is 6.18 Å². The van der Waals surface area contributed by atoms with Crippen LogP contribution in [0.4, 0.5) is 18.3 Å². The van der Waals surface area contributed by atoms with Crippen LogP contribution in [0.25, 0.3) is 0 Å². The zero-order valence-corrected chi connectivity index (χ0v) is 11.0. The highest BCUT2D eigenvalue weighted by Gasteiger charge is 2.38. The zero-order valence-electron chi connectivity index (χ0n) is 10.1. The molecule has 1 aliphatic heterocycles. The van der Waals surface area contributed by atoms with Crippen LogP contribution in [0.15, 0.2) is 6.20 Å². The van der Waals surface area contributed by atoms with E-state index in [1.807, 2.05) is 0 Å². The number of hydrogen-bond acceptors (Lipinski definition) is 7. The van der Waals surface area contributed by atoms with Crippen molar-refractivity contribution in [1.29, 1.82) is 0 Å². The van der Waals surface area contributed by atoms with Crippen LogP contribution in [0.5, 0.6) is 0 Å². The first kappa shape index (κ1) is 13.7. The maximum Gasteiger partial charge on any atom is 0.445 e. The molecule has 0 amide bonds. The highest BCUT2D eigenvalue weighted by atomic mass is 32.1. The second-order valence-electron chi connectivity index (χ2n) is 4.34. The van der Waals surface area contributed by atoms with Gasteiger partial charge in [-0.15, -0.1) is 15.3 Å². The summed E-state index contributed by atoms with van der Waals surface area (Å²) in [6.45, 7) is 0.740. The highest BCUT2D eigenvalue weighted by Crippen LogP contribution is 2.36. The van der Waals surface area contributed by atoms with Crippen molar-refractivity contribution in [3.63, 3.8) is 0 Å². The molecule has 0 saturated carbocycles. The summed E-state index contributed by atoms with van der Waals surface area (Å²) in [5, 5.41) is 21.7. The summed E-state index contributed by atoms with van der Waals surface area (Å²) in [4.78, 5) is 12.3. The van der Waals surface area contributed by atoms with E-state index in [1.165, 1.54) is 10.9 Å². The lowest BCUT2D eigenvalue weighted by Crippen LogP contribution is -2.48. The summed E-state index contributed by atoms with van der Waals surface area (Å²) < 4.78 is 38.6. The highest BCUT2D eigenvalue weighted by molar-refractivity contribution is 7.15. The number of anilines is 1. The third kappa shape index (κ3) is 2.53. The van der Waals surface area contributed by atoms with Crippen LogP contribution in [0.2, 0.25) is 0 Å². The van der Waals surface area contributed by atoms with E-state index in [-0.39, 0.29) is 16.9 Å². The van der Waals surface area contributed by atoms with Crippen LogP contribution < -0.4 is 4.90 Å². The number of aromatic nitrogens is 5. The Morgan fingerprint density at radius 2 is 2.05 bits per heavy atom. The maximum atomic E-state index is 12.4. The Morgan fingerprint density at radius 1 is 1.33 bits per heavy atom. The van der Waals surface area contributed by atoms with Crippen LogP contribution in [0, 0.1) is 0 Å². The Bertz CT molecular complexity index is 677. The number of halogens is 3. The smallest absolute Gasteiger partial charge is 0.445 e. The predicted molar refractivity (Wildman–Crippen MR) is 63.1 cm³/mol. The number of nitrogens with zero attached hydrogens (tertiary/aromatic N) is 6. The van der Waals surface area contributed by atoms with E-state index in [0.29, 0.717) is 24.4 Å². The van der Waals surface area contributed by atoms with Gasteiger partial charge in [0.25, 0.3) is 0 Å². The summed E-state index contributed by atoms with van der Waals surface area (Å²) in [6.07, 6.45) is -3.21. The minimum absolute atomic E-state index is 0.149. The summed E-state index contributed by atoms with van der Waals surface area (Å²) in [7, 11) is 0. The molecular weight excluding hydrogens is 313 g/mol. The fourth-order valence-corrected chi connectivity index (χ4v) is 2.52. The molecule has 3 heterocycles. The van der Waals surface area contributed by atoms with Crippen LogP contribution >= 0.6 is 11.3 Å². The normalized spacial score (nSPS) is 16.0. The van der Waals surface area contributed by atoms with Crippen molar-refractivity contribution in [1.82, 2.24) is 25.2 Å². The quantitative estimate of drug-likeness (QED) is 0.897. The van der Waals surface area contributed by atoms with E-state index in [1.54, 1.807) is 4.90 Å². The molecule has 0 atom stereocenters. The lowest BCUT2D eigenvalue weighted by Gasteiger charge is -2.38. The molecule has 12 heteroatoms. The molecule has 1 N–H and O–H groups in total. The van der Waals surface area contributed by atoms with Crippen molar-refractivity contribution < 1.29 is 23.1 Å². The molecule has 0 unspecified atom stereocenters. The van der Waals surface area contributed by atoms with Gasteiger partial charge in [-0.1, -0.05) is 16.6 Å². The lowest BCUT2D eigenvalue weighted by atomic mass is 10.1. The number of rotatable bonds is 3. The van der Waals surface area contributed by atoms with Crippen molar-refractivity contribution in [2.45, 2.75) is 12.2 Å². The molecule has 0 spiro atoms. The molecule has 1 fully saturated rings. The van der Waals surface area contributed by atoms with Crippen LogP contribution in [-0.4, -0.2) is 49.4 Å². The fourth-order valence-electron chi connectivity index (χ4n) is 1.79. The maximum absolute atomic E-state index is 12.4. The molecule has 112 valence electrons. The first-order valence-electron chi connectivity index (χ1n) is 5.65. The van der Waals surface area contributed by atoms with Gasteiger partial charge < -0.3 is 10.0 Å². The second-order valence-corrected chi connectivity index (χ2v) is 5.29. The second kappa shape index (κ2) is 4.65. The summed E-state index contributed by atoms with van der Waals surface area (Å²) in [6, 6.07) is -0.149. The first-order valence-corrected chi connectivity index (χ1v) is 6.47. The van der Waals surface area contributed by atoms with Gasteiger partial charge in [0, 0.05) is 13.1 Å². The van der Waals surface area contributed by atoms with E-state index in [2.05, 4.69) is 20.5 Å². The van der Waals surface area contributed by atoms with E-state index in [9.17, 15) is 18.0 Å².